The van der Waals surface area contributed by atoms with Gasteiger partial charge in [0.1, 0.15) is 0 Å². The standard InChI is InChI=1S/C18H24ClNO5/c1-11(17(22)20-18(2,3)4)25-15(21)8-7-12-9-13(19)16(24-6)14(10-12)23-5/h7-11H,1-6H3,(H,20,22)/b8-7+/t11-/m0/s1. The van der Waals surface area contributed by atoms with E-state index in [2.05, 4.69) is 5.32 Å². The predicted octanol–water partition coefficient (Wildman–Crippen LogP) is 3.22. The third-order valence-electron chi connectivity index (χ3n) is 3.03. The molecule has 0 saturated heterocycles. The lowest BCUT2D eigenvalue weighted by atomic mass is 10.1. The second-order valence-corrected chi connectivity index (χ2v) is 6.80. The molecule has 6 nitrogen and oxygen atoms in total. The fourth-order valence-electron chi connectivity index (χ4n) is 1.94. The van der Waals surface area contributed by atoms with E-state index in [-0.39, 0.29) is 5.91 Å². The Morgan fingerprint density at radius 2 is 1.84 bits per heavy atom. The van der Waals surface area contributed by atoms with Gasteiger partial charge in [-0.2, -0.15) is 0 Å². The monoisotopic (exact) mass is 369 g/mol. The summed E-state index contributed by atoms with van der Waals surface area (Å²) in [4.78, 5) is 23.8. The number of benzene rings is 1. The number of hydrogen-bond acceptors (Lipinski definition) is 5. The van der Waals surface area contributed by atoms with E-state index >= 15 is 0 Å². The second kappa shape index (κ2) is 8.76. The molecule has 138 valence electrons. The number of halogens is 1. The Hall–Kier alpha value is -2.21. The highest BCUT2D eigenvalue weighted by Gasteiger charge is 2.21. The number of hydrogen-bond donors (Lipinski definition) is 1. The third kappa shape index (κ3) is 6.66. The fraction of sp³-hybridized carbons (Fsp3) is 0.444. The molecule has 1 rings (SSSR count). The minimum Gasteiger partial charge on any atom is -0.493 e. The molecule has 0 fully saturated rings. The first-order chi connectivity index (χ1) is 11.6. The van der Waals surface area contributed by atoms with Crippen LogP contribution in [-0.2, 0) is 14.3 Å². The number of methoxy groups -OCH3 is 2. The van der Waals surface area contributed by atoms with Crippen LogP contribution in [-0.4, -0.2) is 37.7 Å². The molecule has 0 aliphatic heterocycles. The van der Waals surface area contributed by atoms with Gasteiger partial charge in [-0.15, -0.1) is 0 Å². The van der Waals surface area contributed by atoms with Crippen LogP contribution < -0.4 is 14.8 Å². The summed E-state index contributed by atoms with van der Waals surface area (Å²) in [5, 5.41) is 3.10. The van der Waals surface area contributed by atoms with E-state index in [0.29, 0.717) is 22.1 Å². The summed E-state index contributed by atoms with van der Waals surface area (Å²) in [6.45, 7) is 7.06. The first-order valence-electron chi connectivity index (χ1n) is 7.69. The topological polar surface area (TPSA) is 73.9 Å². The van der Waals surface area contributed by atoms with E-state index in [1.807, 2.05) is 20.8 Å². The molecule has 0 aliphatic carbocycles. The van der Waals surface area contributed by atoms with Crippen molar-refractivity contribution in [2.75, 3.05) is 14.2 Å². The SMILES string of the molecule is COc1cc(/C=C/C(=O)O[C@@H](C)C(=O)NC(C)(C)C)cc(Cl)c1OC. The number of carbonyl (C=O) groups is 2. The van der Waals surface area contributed by atoms with E-state index in [4.69, 9.17) is 25.8 Å². The summed E-state index contributed by atoms with van der Waals surface area (Å²) in [6, 6.07) is 3.30. The minimum atomic E-state index is -0.898. The molecule has 0 unspecified atom stereocenters. The normalized spacial score (nSPS) is 12.6. The molecule has 0 radical (unpaired) electrons. The van der Waals surface area contributed by atoms with Crippen LogP contribution in [0.25, 0.3) is 6.08 Å². The highest BCUT2D eigenvalue weighted by atomic mass is 35.5. The van der Waals surface area contributed by atoms with Crippen LogP contribution in [0.2, 0.25) is 5.02 Å². The molecule has 0 aliphatic rings. The molecule has 0 bridgehead atoms. The van der Waals surface area contributed by atoms with Crippen LogP contribution >= 0.6 is 11.6 Å². The summed E-state index contributed by atoms with van der Waals surface area (Å²) >= 11 is 6.11. The molecule has 7 heteroatoms. The molecule has 1 aromatic rings. The van der Waals surface area contributed by atoms with Crippen LogP contribution in [0.4, 0.5) is 0 Å². The zero-order valence-electron chi connectivity index (χ0n) is 15.3. The number of amides is 1. The maximum absolute atomic E-state index is 11.9. The van der Waals surface area contributed by atoms with Gasteiger partial charge in [-0.25, -0.2) is 4.79 Å². The Balaban J connectivity index is 2.77. The molecule has 0 heterocycles. The lowest BCUT2D eigenvalue weighted by Crippen LogP contribution is -2.46. The van der Waals surface area contributed by atoms with Crippen molar-refractivity contribution in [3.05, 3.63) is 28.8 Å². The molecule has 1 aromatic carbocycles. The second-order valence-electron chi connectivity index (χ2n) is 6.39. The third-order valence-corrected chi connectivity index (χ3v) is 3.31. The van der Waals surface area contributed by atoms with Crippen molar-refractivity contribution in [1.29, 1.82) is 0 Å². The van der Waals surface area contributed by atoms with Gasteiger partial charge in [0, 0.05) is 11.6 Å². The Morgan fingerprint density at radius 3 is 2.36 bits per heavy atom. The summed E-state index contributed by atoms with van der Waals surface area (Å²) in [5.41, 5.74) is 0.232. The average Bonchev–Trinajstić information content (AvgIpc) is 2.50. The van der Waals surface area contributed by atoms with E-state index in [9.17, 15) is 9.59 Å². The smallest absolute Gasteiger partial charge is 0.331 e. The Morgan fingerprint density at radius 1 is 1.20 bits per heavy atom. The summed E-state index contributed by atoms with van der Waals surface area (Å²) in [6.07, 6.45) is 1.84. The number of rotatable bonds is 6. The first-order valence-corrected chi connectivity index (χ1v) is 8.07. The van der Waals surface area contributed by atoms with E-state index in [1.165, 1.54) is 33.3 Å². The van der Waals surface area contributed by atoms with Crippen molar-refractivity contribution in [1.82, 2.24) is 5.32 Å². The molecule has 25 heavy (non-hydrogen) atoms. The van der Waals surface area contributed by atoms with Crippen molar-refractivity contribution >= 4 is 29.6 Å². The maximum atomic E-state index is 11.9. The van der Waals surface area contributed by atoms with Gasteiger partial charge in [-0.3, -0.25) is 4.79 Å². The number of carbonyl (C=O) groups excluding carboxylic acids is 2. The quantitative estimate of drug-likeness (QED) is 0.615. The molecule has 0 saturated carbocycles. The largest absolute Gasteiger partial charge is 0.493 e. The lowest BCUT2D eigenvalue weighted by molar-refractivity contribution is -0.150. The minimum absolute atomic E-state index is 0.354. The highest BCUT2D eigenvalue weighted by Crippen LogP contribution is 2.36. The van der Waals surface area contributed by atoms with Gasteiger partial charge in [0.2, 0.25) is 0 Å². The number of esters is 1. The van der Waals surface area contributed by atoms with Crippen LogP contribution in [0.15, 0.2) is 18.2 Å². The van der Waals surface area contributed by atoms with Gasteiger partial charge in [0.15, 0.2) is 17.6 Å². The summed E-state index contributed by atoms with van der Waals surface area (Å²) < 4.78 is 15.4. The first kappa shape index (κ1) is 20.8. The summed E-state index contributed by atoms with van der Waals surface area (Å²) in [5.74, 6) is -0.136. The van der Waals surface area contributed by atoms with Gasteiger partial charge >= 0.3 is 5.97 Å². The Bertz CT molecular complexity index is 664. The number of nitrogens with one attached hydrogen (secondary N) is 1. The number of ether oxygens (including phenoxy) is 3. The summed E-state index contributed by atoms with van der Waals surface area (Å²) in [7, 11) is 2.98. The molecule has 0 aromatic heterocycles. The van der Waals surface area contributed by atoms with Gasteiger partial charge < -0.3 is 19.5 Å². The average molecular weight is 370 g/mol. The van der Waals surface area contributed by atoms with Crippen LogP contribution in [0.3, 0.4) is 0 Å². The maximum Gasteiger partial charge on any atom is 0.331 e. The van der Waals surface area contributed by atoms with Crippen LogP contribution in [0.5, 0.6) is 11.5 Å². The molecular formula is C18H24ClNO5. The molecular weight excluding hydrogens is 346 g/mol. The van der Waals surface area contributed by atoms with Crippen molar-refractivity contribution in [2.24, 2.45) is 0 Å². The van der Waals surface area contributed by atoms with Gasteiger partial charge in [-0.05, 0) is 51.5 Å². The van der Waals surface area contributed by atoms with Gasteiger partial charge in [-0.1, -0.05) is 11.6 Å². The van der Waals surface area contributed by atoms with E-state index in [1.54, 1.807) is 12.1 Å². The van der Waals surface area contributed by atoms with Crippen molar-refractivity contribution < 1.29 is 23.8 Å². The molecule has 1 N–H and O–H groups in total. The van der Waals surface area contributed by atoms with Crippen molar-refractivity contribution in [3.63, 3.8) is 0 Å². The Labute approximate surface area is 153 Å². The van der Waals surface area contributed by atoms with Crippen LogP contribution in [0, 0.1) is 0 Å². The van der Waals surface area contributed by atoms with Crippen LogP contribution in [0.1, 0.15) is 33.3 Å². The highest BCUT2D eigenvalue weighted by molar-refractivity contribution is 6.32. The fourth-order valence-corrected chi connectivity index (χ4v) is 2.23. The van der Waals surface area contributed by atoms with E-state index in [0.717, 1.165) is 0 Å². The van der Waals surface area contributed by atoms with Gasteiger partial charge in [0.25, 0.3) is 5.91 Å². The molecule has 1 amide bonds. The Kier molecular flexibility index (Phi) is 7.30. The van der Waals surface area contributed by atoms with E-state index < -0.39 is 17.6 Å². The zero-order valence-corrected chi connectivity index (χ0v) is 16.1. The molecule has 0 spiro atoms. The lowest BCUT2D eigenvalue weighted by Gasteiger charge is -2.22. The van der Waals surface area contributed by atoms with Gasteiger partial charge in [0.05, 0.1) is 19.2 Å². The van der Waals surface area contributed by atoms with Crippen molar-refractivity contribution in [3.8, 4) is 11.5 Å². The van der Waals surface area contributed by atoms with Crippen molar-refractivity contribution in [2.45, 2.75) is 39.3 Å². The predicted molar refractivity (Wildman–Crippen MR) is 97.0 cm³/mol. The zero-order chi connectivity index (χ0) is 19.2. The molecule has 1 atom stereocenters.